The number of piperidine rings is 1. The molecular formula is C15H19NO2S. The van der Waals surface area contributed by atoms with Crippen LogP contribution in [0.5, 0.6) is 0 Å². The van der Waals surface area contributed by atoms with Gasteiger partial charge in [0.1, 0.15) is 0 Å². The minimum absolute atomic E-state index is 0.0369. The number of fused-ring (bicyclic) bond motifs is 1. The maximum atomic E-state index is 12.6. The molecule has 1 aromatic rings. The molecule has 2 aliphatic rings. The van der Waals surface area contributed by atoms with Crippen molar-refractivity contribution in [1.29, 1.82) is 0 Å². The number of amides is 1. The van der Waals surface area contributed by atoms with Gasteiger partial charge in [-0.3, -0.25) is 4.79 Å². The van der Waals surface area contributed by atoms with E-state index in [9.17, 15) is 9.90 Å². The molecule has 1 fully saturated rings. The Balaban J connectivity index is 1.66. The number of hydrogen-bond donors (Lipinski definition) is 1. The van der Waals surface area contributed by atoms with E-state index in [1.54, 1.807) is 11.8 Å². The van der Waals surface area contributed by atoms with Crippen LogP contribution in [0, 0.1) is 5.92 Å². The van der Waals surface area contributed by atoms with Crippen LogP contribution in [-0.4, -0.2) is 40.9 Å². The number of likely N-dealkylation sites (tertiary alicyclic amines) is 1. The SMILES string of the molecule is O=C(C1Cc2ccccc2S1)N1CCCC(CO)C1. The molecule has 102 valence electrons. The Morgan fingerprint density at radius 1 is 1.42 bits per heavy atom. The van der Waals surface area contributed by atoms with Gasteiger partial charge in [-0.05, 0) is 36.8 Å². The summed E-state index contributed by atoms with van der Waals surface area (Å²) >= 11 is 1.69. The largest absolute Gasteiger partial charge is 0.396 e. The van der Waals surface area contributed by atoms with Crippen molar-refractivity contribution in [2.75, 3.05) is 19.7 Å². The van der Waals surface area contributed by atoms with Crippen LogP contribution in [0.3, 0.4) is 0 Å². The summed E-state index contributed by atoms with van der Waals surface area (Å²) in [4.78, 5) is 15.8. The predicted octanol–water partition coefficient (Wildman–Crippen LogP) is 1.93. The van der Waals surface area contributed by atoms with Gasteiger partial charge >= 0.3 is 0 Å². The summed E-state index contributed by atoms with van der Waals surface area (Å²) in [6, 6.07) is 8.28. The fourth-order valence-electron chi connectivity index (χ4n) is 2.94. The van der Waals surface area contributed by atoms with Gasteiger partial charge in [-0.25, -0.2) is 0 Å². The number of hydrogen-bond acceptors (Lipinski definition) is 3. The third kappa shape index (κ3) is 2.65. The molecule has 4 heteroatoms. The molecule has 2 aliphatic heterocycles. The Morgan fingerprint density at radius 3 is 3.05 bits per heavy atom. The van der Waals surface area contributed by atoms with Gasteiger partial charge < -0.3 is 10.0 Å². The van der Waals surface area contributed by atoms with Crippen LogP contribution in [0.4, 0.5) is 0 Å². The van der Waals surface area contributed by atoms with Gasteiger partial charge in [0, 0.05) is 24.6 Å². The lowest BCUT2D eigenvalue weighted by molar-refractivity contribution is -0.132. The molecule has 3 nitrogen and oxygen atoms in total. The molecule has 0 bridgehead atoms. The van der Waals surface area contributed by atoms with Crippen LogP contribution < -0.4 is 0 Å². The number of aliphatic hydroxyl groups is 1. The summed E-state index contributed by atoms with van der Waals surface area (Å²) in [5.41, 5.74) is 1.29. The highest BCUT2D eigenvalue weighted by atomic mass is 32.2. The van der Waals surface area contributed by atoms with Crippen LogP contribution >= 0.6 is 11.8 Å². The fraction of sp³-hybridized carbons (Fsp3) is 0.533. The topological polar surface area (TPSA) is 40.5 Å². The van der Waals surface area contributed by atoms with Crippen molar-refractivity contribution in [2.24, 2.45) is 5.92 Å². The second-order valence-corrected chi connectivity index (χ2v) is 6.64. The summed E-state index contributed by atoms with van der Waals surface area (Å²) < 4.78 is 0. The van der Waals surface area contributed by atoms with E-state index >= 15 is 0 Å². The van der Waals surface area contributed by atoms with Crippen molar-refractivity contribution in [2.45, 2.75) is 29.4 Å². The first kappa shape index (κ1) is 13.0. The molecule has 0 saturated carbocycles. The standard InChI is InChI=1S/C15H19NO2S/c17-10-11-4-3-7-16(9-11)15(18)14-8-12-5-1-2-6-13(12)19-14/h1-2,5-6,11,14,17H,3-4,7-10H2. The number of rotatable bonds is 2. The van der Waals surface area contributed by atoms with Crippen molar-refractivity contribution in [1.82, 2.24) is 4.90 Å². The number of benzene rings is 1. The summed E-state index contributed by atoms with van der Waals surface area (Å²) in [6.07, 6.45) is 2.90. The zero-order valence-corrected chi connectivity index (χ0v) is 11.7. The molecule has 19 heavy (non-hydrogen) atoms. The molecule has 0 aliphatic carbocycles. The van der Waals surface area contributed by atoms with Crippen molar-refractivity contribution in [3.05, 3.63) is 29.8 Å². The maximum Gasteiger partial charge on any atom is 0.236 e. The van der Waals surface area contributed by atoms with Crippen LogP contribution in [0.15, 0.2) is 29.2 Å². The number of nitrogens with zero attached hydrogens (tertiary/aromatic N) is 1. The lowest BCUT2D eigenvalue weighted by atomic mass is 9.98. The minimum atomic E-state index is 0.0369. The highest BCUT2D eigenvalue weighted by Crippen LogP contribution is 2.38. The van der Waals surface area contributed by atoms with Crippen molar-refractivity contribution >= 4 is 17.7 Å². The smallest absolute Gasteiger partial charge is 0.236 e. The summed E-state index contributed by atoms with van der Waals surface area (Å²) in [6.45, 7) is 1.77. The Labute approximate surface area is 118 Å². The lowest BCUT2D eigenvalue weighted by Crippen LogP contribution is -2.44. The van der Waals surface area contributed by atoms with E-state index in [1.807, 2.05) is 17.0 Å². The lowest BCUT2D eigenvalue weighted by Gasteiger charge is -2.33. The Bertz CT molecular complexity index is 452. The van der Waals surface area contributed by atoms with Gasteiger partial charge in [-0.15, -0.1) is 11.8 Å². The van der Waals surface area contributed by atoms with E-state index < -0.39 is 0 Å². The normalized spacial score (nSPS) is 26.3. The van der Waals surface area contributed by atoms with E-state index in [-0.39, 0.29) is 23.7 Å². The molecule has 2 atom stereocenters. The Hall–Kier alpha value is -1.00. The number of carbonyl (C=O) groups excluding carboxylic acids is 1. The zero-order chi connectivity index (χ0) is 13.2. The van der Waals surface area contributed by atoms with Gasteiger partial charge in [0.15, 0.2) is 0 Å². The molecule has 1 aromatic carbocycles. The third-order valence-corrected chi connectivity index (χ3v) is 5.32. The monoisotopic (exact) mass is 277 g/mol. The van der Waals surface area contributed by atoms with Crippen LogP contribution in [0.25, 0.3) is 0 Å². The molecular weight excluding hydrogens is 258 g/mol. The third-order valence-electron chi connectivity index (χ3n) is 4.01. The fourth-order valence-corrected chi connectivity index (χ4v) is 4.22. The zero-order valence-electron chi connectivity index (χ0n) is 10.9. The van der Waals surface area contributed by atoms with Gasteiger partial charge in [-0.2, -0.15) is 0 Å². The van der Waals surface area contributed by atoms with Crippen molar-refractivity contribution < 1.29 is 9.90 Å². The molecule has 2 heterocycles. The molecule has 0 aromatic heterocycles. The number of carbonyl (C=O) groups is 1. The van der Waals surface area contributed by atoms with Crippen LogP contribution in [0.1, 0.15) is 18.4 Å². The quantitative estimate of drug-likeness (QED) is 0.898. The van der Waals surface area contributed by atoms with Crippen LogP contribution in [-0.2, 0) is 11.2 Å². The van der Waals surface area contributed by atoms with E-state index in [4.69, 9.17) is 0 Å². The minimum Gasteiger partial charge on any atom is -0.396 e. The second-order valence-electron chi connectivity index (χ2n) is 5.39. The second kappa shape index (κ2) is 5.55. The van der Waals surface area contributed by atoms with E-state index in [0.29, 0.717) is 0 Å². The average Bonchev–Trinajstić information content (AvgIpc) is 2.90. The van der Waals surface area contributed by atoms with E-state index in [2.05, 4.69) is 12.1 Å². The predicted molar refractivity (Wildman–Crippen MR) is 76.2 cm³/mol. The summed E-state index contributed by atoms with van der Waals surface area (Å²) in [7, 11) is 0. The summed E-state index contributed by atoms with van der Waals surface area (Å²) in [5.74, 6) is 0.519. The first-order chi connectivity index (χ1) is 9.28. The number of thioether (sulfide) groups is 1. The summed E-state index contributed by atoms with van der Waals surface area (Å²) in [5, 5.41) is 9.29. The van der Waals surface area contributed by atoms with Gasteiger partial charge in [0.05, 0.1) is 5.25 Å². The van der Waals surface area contributed by atoms with Crippen LogP contribution in [0.2, 0.25) is 0 Å². The number of aliphatic hydroxyl groups excluding tert-OH is 1. The Morgan fingerprint density at radius 2 is 2.26 bits per heavy atom. The van der Waals surface area contributed by atoms with E-state index in [1.165, 1.54) is 10.5 Å². The Kier molecular flexibility index (Phi) is 3.80. The van der Waals surface area contributed by atoms with Gasteiger partial charge in [-0.1, -0.05) is 18.2 Å². The van der Waals surface area contributed by atoms with E-state index in [0.717, 1.165) is 32.4 Å². The first-order valence-corrected chi connectivity index (χ1v) is 7.80. The van der Waals surface area contributed by atoms with Crippen molar-refractivity contribution in [3.63, 3.8) is 0 Å². The maximum absolute atomic E-state index is 12.6. The highest BCUT2D eigenvalue weighted by Gasteiger charge is 2.33. The molecule has 0 spiro atoms. The van der Waals surface area contributed by atoms with Gasteiger partial charge in [0.25, 0.3) is 0 Å². The highest BCUT2D eigenvalue weighted by molar-refractivity contribution is 8.01. The molecule has 0 radical (unpaired) electrons. The molecule has 3 rings (SSSR count). The molecule has 1 amide bonds. The average molecular weight is 277 g/mol. The van der Waals surface area contributed by atoms with Gasteiger partial charge in [0.2, 0.25) is 5.91 Å². The van der Waals surface area contributed by atoms with Crippen molar-refractivity contribution in [3.8, 4) is 0 Å². The molecule has 2 unspecified atom stereocenters. The first-order valence-electron chi connectivity index (χ1n) is 6.92. The molecule has 1 saturated heterocycles. The molecule has 1 N–H and O–H groups in total.